The predicted octanol–water partition coefficient (Wildman–Crippen LogP) is 0.995. The molecule has 0 aliphatic carbocycles. The molecule has 0 aliphatic rings. The topological polar surface area (TPSA) is 43.6 Å². The van der Waals surface area contributed by atoms with Crippen LogP contribution in [0.4, 0.5) is 0 Å². The van der Waals surface area contributed by atoms with E-state index in [1.54, 1.807) is 6.33 Å². The molecule has 0 atom stereocenters. The van der Waals surface area contributed by atoms with Gasteiger partial charge < -0.3 is 4.57 Å². The number of rotatable bonds is 3. The van der Waals surface area contributed by atoms with Crippen molar-refractivity contribution in [1.82, 2.24) is 19.7 Å². The predicted molar refractivity (Wildman–Crippen MR) is 52.6 cm³/mol. The van der Waals surface area contributed by atoms with E-state index >= 15 is 0 Å². The van der Waals surface area contributed by atoms with E-state index in [0.717, 1.165) is 24.4 Å². The van der Waals surface area contributed by atoms with Gasteiger partial charge in [-0.1, -0.05) is 6.07 Å². The Labute approximate surface area is 82.6 Å². The Morgan fingerprint density at radius 3 is 2.86 bits per heavy atom. The average Bonchev–Trinajstić information content (AvgIpc) is 2.63. The van der Waals surface area contributed by atoms with Crippen molar-refractivity contribution in [2.75, 3.05) is 0 Å². The summed E-state index contributed by atoms with van der Waals surface area (Å²) >= 11 is 0. The summed E-state index contributed by atoms with van der Waals surface area (Å²) in [6, 6.07) is 5.95. The first-order valence-corrected chi connectivity index (χ1v) is 4.59. The third-order valence-corrected chi connectivity index (χ3v) is 2.14. The summed E-state index contributed by atoms with van der Waals surface area (Å²) < 4.78 is 1.93. The van der Waals surface area contributed by atoms with Crippen LogP contribution in [0.5, 0.6) is 0 Å². The minimum Gasteiger partial charge on any atom is -0.321 e. The maximum Gasteiger partial charge on any atom is 0.132 e. The lowest BCUT2D eigenvalue weighted by Crippen LogP contribution is -2.00. The van der Waals surface area contributed by atoms with Gasteiger partial charge in [-0.05, 0) is 18.6 Å². The Balaban J connectivity index is 1.99. The Morgan fingerprint density at radius 1 is 1.29 bits per heavy atom. The van der Waals surface area contributed by atoms with Crippen LogP contribution in [-0.2, 0) is 19.9 Å². The van der Waals surface area contributed by atoms with Gasteiger partial charge in [0.15, 0.2) is 0 Å². The molecule has 0 bridgehead atoms. The first-order chi connectivity index (χ1) is 6.86. The first-order valence-electron chi connectivity index (χ1n) is 4.59. The molecule has 2 rings (SSSR count). The molecule has 4 nitrogen and oxygen atoms in total. The Hall–Kier alpha value is -1.71. The molecule has 0 unspecified atom stereocenters. The van der Waals surface area contributed by atoms with Gasteiger partial charge in [0.2, 0.25) is 0 Å². The van der Waals surface area contributed by atoms with Gasteiger partial charge in [-0.15, -0.1) is 10.2 Å². The monoisotopic (exact) mass is 188 g/mol. The summed E-state index contributed by atoms with van der Waals surface area (Å²) in [7, 11) is 1.95. The fourth-order valence-electron chi connectivity index (χ4n) is 1.32. The second-order valence-electron chi connectivity index (χ2n) is 3.18. The van der Waals surface area contributed by atoms with Crippen LogP contribution in [0.3, 0.4) is 0 Å². The minimum absolute atomic E-state index is 0.882. The Kier molecular flexibility index (Phi) is 2.53. The van der Waals surface area contributed by atoms with Crippen molar-refractivity contribution < 1.29 is 0 Å². The number of aromatic nitrogens is 4. The summed E-state index contributed by atoms with van der Waals surface area (Å²) in [5.41, 5.74) is 1.09. The zero-order valence-electron chi connectivity index (χ0n) is 8.09. The van der Waals surface area contributed by atoms with E-state index in [-0.39, 0.29) is 0 Å². The molecule has 0 radical (unpaired) electrons. The van der Waals surface area contributed by atoms with Crippen molar-refractivity contribution in [1.29, 1.82) is 0 Å². The molecule has 14 heavy (non-hydrogen) atoms. The SMILES string of the molecule is Cn1cnnc1CCc1ccccn1. The van der Waals surface area contributed by atoms with Crippen LogP contribution in [0, 0.1) is 0 Å². The van der Waals surface area contributed by atoms with Crippen molar-refractivity contribution in [3.63, 3.8) is 0 Å². The highest BCUT2D eigenvalue weighted by molar-refractivity contribution is 5.05. The maximum atomic E-state index is 4.25. The normalized spacial score (nSPS) is 10.4. The summed E-state index contributed by atoms with van der Waals surface area (Å²) in [6.45, 7) is 0. The zero-order chi connectivity index (χ0) is 9.80. The molecule has 0 aliphatic heterocycles. The van der Waals surface area contributed by atoms with E-state index in [9.17, 15) is 0 Å². The van der Waals surface area contributed by atoms with Crippen LogP contribution in [0.15, 0.2) is 30.7 Å². The smallest absolute Gasteiger partial charge is 0.132 e. The van der Waals surface area contributed by atoms with E-state index in [2.05, 4.69) is 15.2 Å². The minimum atomic E-state index is 0.882. The Morgan fingerprint density at radius 2 is 2.21 bits per heavy atom. The van der Waals surface area contributed by atoms with E-state index in [0.29, 0.717) is 0 Å². The highest BCUT2D eigenvalue weighted by Crippen LogP contribution is 2.00. The molecule has 0 amide bonds. The second kappa shape index (κ2) is 4.00. The van der Waals surface area contributed by atoms with Gasteiger partial charge in [0.25, 0.3) is 0 Å². The fourth-order valence-corrected chi connectivity index (χ4v) is 1.32. The lowest BCUT2D eigenvalue weighted by atomic mass is 10.2. The van der Waals surface area contributed by atoms with Gasteiger partial charge >= 0.3 is 0 Å². The van der Waals surface area contributed by atoms with Gasteiger partial charge in [-0.2, -0.15) is 0 Å². The number of pyridine rings is 1. The molecular weight excluding hydrogens is 176 g/mol. The van der Waals surface area contributed by atoms with E-state index in [1.807, 2.05) is 36.0 Å². The molecular formula is C10H12N4. The molecule has 72 valence electrons. The van der Waals surface area contributed by atoms with Crippen LogP contribution in [0.2, 0.25) is 0 Å². The van der Waals surface area contributed by atoms with Crippen LogP contribution in [-0.4, -0.2) is 19.7 Å². The molecule has 0 aromatic carbocycles. The summed E-state index contributed by atoms with van der Waals surface area (Å²) in [6.07, 6.45) is 5.32. The molecule has 0 saturated carbocycles. The third-order valence-electron chi connectivity index (χ3n) is 2.14. The molecule has 0 N–H and O–H groups in total. The quantitative estimate of drug-likeness (QED) is 0.721. The van der Waals surface area contributed by atoms with Gasteiger partial charge in [0, 0.05) is 25.4 Å². The molecule has 2 heterocycles. The fraction of sp³-hybridized carbons (Fsp3) is 0.300. The van der Waals surface area contributed by atoms with E-state index < -0.39 is 0 Å². The summed E-state index contributed by atoms with van der Waals surface area (Å²) in [5.74, 6) is 0.996. The lowest BCUT2D eigenvalue weighted by Gasteiger charge is -1.99. The summed E-state index contributed by atoms with van der Waals surface area (Å²) in [5, 5.41) is 7.84. The highest BCUT2D eigenvalue weighted by Gasteiger charge is 2.01. The van der Waals surface area contributed by atoms with Crippen molar-refractivity contribution in [3.8, 4) is 0 Å². The number of hydrogen-bond acceptors (Lipinski definition) is 3. The maximum absolute atomic E-state index is 4.25. The molecule has 0 spiro atoms. The van der Waals surface area contributed by atoms with Gasteiger partial charge in [0.1, 0.15) is 12.2 Å². The van der Waals surface area contributed by atoms with Crippen molar-refractivity contribution >= 4 is 0 Å². The van der Waals surface area contributed by atoms with E-state index in [1.165, 1.54) is 0 Å². The van der Waals surface area contributed by atoms with Crippen LogP contribution in [0.25, 0.3) is 0 Å². The Bertz CT molecular complexity index is 394. The third kappa shape index (κ3) is 1.96. The lowest BCUT2D eigenvalue weighted by molar-refractivity contribution is 0.760. The number of nitrogens with zero attached hydrogens (tertiary/aromatic N) is 4. The second-order valence-corrected chi connectivity index (χ2v) is 3.18. The standard InChI is InChI=1S/C10H12N4/c1-14-8-12-13-10(14)6-5-9-4-2-3-7-11-9/h2-4,7-8H,5-6H2,1H3. The van der Waals surface area contributed by atoms with Crippen molar-refractivity contribution in [2.24, 2.45) is 7.05 Å². The number of hydrogen-bond donors (Lipinski definition) is 0. The molecule has 4 heteroatoms. The van der Waals surface area contributed by atoms with Gasteiger partial charge in [0.05, 0.1) is 0 Å². The molecule has 2 aromatic rings. The van der Waals surface area contributed by atoms with E-state index in [4.69, 9.17) is 0 Å². The highest BCUT2D eigenvalue weighted by atomic mass is 15.2. The largest absolute Gasteiger partial charge is 0.321 e. The van der Waals surface area contributed by atoms with Crippen LogP contribution >= 0.6 is 0 Å². The van der Waals surface area contributed by atoms with Crippen molar-refractivity contribution in [3.05, 3.63) is 42.2 Å². The average molecular weight is 188 g/mol. The van der Waals surface area contributed by atoms with Gasteiger partial charge in [-0.25, -0.2) is 0 Å². The van der Waals surface area contributed by atoms with Gasteiger partial charge in [-0.3, -0.25) is 4.98 Å². The summed E-state index contributed by atoms with van der Waals surface area (Å²) in [4.78, 5) is 4.25. The van der Waals surface area contributed by atoms with Crippen LogP contribution in [0.1, 0.15) is 11.5 Å². The van der Waals surface area contributed by atoms with Crippen LogP contribution < -0.4 is 0 Å². The zero-order valence-corrected chi connectivity index (χ0v) is 8.09. The molecule has 0 saturated heterocycles. The molecule has 0 fully saturated rings. The first kappa shape index (κ1) is 8.87. The number of aryl methyl sites for hydroxylation is 3. The van der Waals surface area contributed by atoms with Crippen molar-refractivity contribution in [2.45, 2.75) is 12.8 Å². The molecule has 2 aromatic heterocycles.